The second-order valence-corrected chi connectivity index (χ2v) is 6.82. The van der Waals surface area contributed by atoms with Crippen LogP contribution in [0.3, 0.4) is 0 Å². The minimum Gasteiger partial charge on any atom is -0.382 e. The van der Waals surface area contributed by atoms with Crippen molar-refractivity contribution in [2.75, 3.05) is 11.1 Å². The number of hydrogen-bond acceptors (Lipinski definition) is 6. The first-order chi connectivity index (χ1) is 14.7. The van der Waals surface area contributed by atoms with Crippen molar-refractivity contribution in [1.29, 1.82) is 0 Å². The van der Waals surface area contributed by atoms with Crippen LogP contribution in [-0.4, -0.2) is 30.4 Å². The molecule has 2 aromatic carbocycles. The highest BCUT2D eigenvalue weighted by Gasteiger charge is 2.12. The molecule has 146 valence electrons. The zero-order valence-electron chi connectivity index (χ0n) is 15.9. The number of anilines is 2. The van der Waals surface area contributed by atoms with Crippen molar-refractivity contribution < 1.29 is 4.79 Å². The summed E-state index contributed by atoms with van der Waals surface area (Å²) in [6.07, 6.45) is 2.87. The number of nitrogen functional groups attached to an aromatic ring is 1. The van der Waals surface area contributed by atoms with Crippen LogP contribution in [0.5, 0.6) is 0 Å². The van der Waals surface area contributed by atoms with Crippen molar-refractivity contribution in [3.05, 3.63) is 73.3 Å². The highest BCUT2D eigenvalue weighted by atomic mass is 16.2. The van der Waals surface area contributed by atoms with Gasteiger partial charge in [0.1, 0.15) is 24.2 Å². The lowest BCUT2D eigenvalue weighted by atomic mass is 10.0. The maximum Gasteiger partial charge on any atom is 0.245 e. The van der Waals surface area contributed by atoms with Gasteiger partial charge in [0.05, 0.1) is 12.0 Å². The zero-order chi connectivity index (χ0) is 20.5. The van der Waals surface area contributed by atoms with Gasteiger partial charge in [-0.25, -0.2) is 19.9 Å². The van der Waals surface area contributed by atoms with E-state index in [1.807, 2.05) is 30.3 Å². The number of nitrogens with one attached hydrogen (secondary N) is 1. The van der Waals surface area contributed by atoms with Gasteiger partial charge < -0.3 is 15.6 Å². The van der Waals surface area contributed by atoms with E-state index >= 15 is 0 Å². The Morgan fingerprint density at radius 3 is 2.73 bits per heavy atom. The Bertz CT molecular complexity index is 1390. The van der Waals surface area contributed by atoms with Gasteiger partial charge in [0.25, 0.3) is 0 Å². The molecular formula is C22H17N7O. The highest BCUT2D eigenvalue weighted by Crippen LogP contribution is 2.24. The molecule has 0 spiro atoms. The quantitative estimate of drug-likeness (QED) is 0.483. The van der Waals surface area contributed by atoms with E-state index in [0.717, 1.165) is 16.6 Å². The molecule has 8 nitrogen and oxygen atoms in total. The van der Waals surface area contributed by atoms with Crippen LogP contribution in [0.1, 0.15) is 0 Å². The van der Waals surface area contributed by atoms with Crippen LogP contribution in [0.15, 0.2) is 73.3 Å². The first kappa shape index (κ1) is 17.7. The number of carbonyl (C=O) groups excluding carboxylic acids is 1. The number of amides is 1. The molecule has 8 heteroatoms. The number of nitrogens with two attached hydrogens (primary N) is 1. The van der Waals surface area contributed by atoms with Crippen LogP contribution in [-0.2, 0) is 11.3 Å². The lowest BCUT2D eigenvalue weighted by Crippen LogP contribution is -2.19. The fraction of sp³-hybridized carbons (Fsp3) is 0.0455. The molecule has 3 N–H and O–H groups in total. The molecule has 0 aliphatic rings. The van der Waals surface area contributed by atoms with E-state index in [0.29, 0.717) is 17.0 Å². The van der Waals surface area contributed by atoms with E-state index in [4.69, 9.17) is 5.73 Å². The van der Waals surface area contributed by atoms with Gasteiger partial charge in [-0.3, -0.25) is 4.79 Å². The maximum absolute atomic E-state index is 12.6. The van der Waals surface area contributed by atoms with Gasteiger partial charge >= 0.3 is 0 Å². The first-order valence-electron chi connectivity index (χ1n) is 9.35. The molecule has 0 radical (unpaired) electrons. The minimum absolute atomic E-state index is 0.0365. The second kappa shape index (κ2) is 7.25. The van der Waals surface area contributed by atoms with Crippen molar-refractivity contribution in [3.8, 4) is 11.3 Å². The Morgan fingerprint density at radius 2 is 1.83 bits per heavy atom. The molecule has 0 atom stereocenters. The largest absolute Gasteiger partial charge is 0.382 e. The van der Waals surface area contributed by atoms with E-state index in [1.54, 1.807) is 10.6 Å². The lowest BCUT2D eigenvalue weighted by Gasteiger charge is -2.08. The second-order valence-electron chi connectivity index (χ2n) is 6.82. The number of benzene rings is 2. The summed E-state index contributed by atoms with van der Waals surface area (Å²) < 4.78 is 1.62. The highest BCUT2D eigenvalue weighted by molar-refractivity contribution is 5.91. The topological polar surface area (TPSA) is 112 Å². The molecule has 0 aliphatic heterocycles. The molecule has 5 aromatic rings. The molecule has 1 amide bonds. The number of rotatable bonds is 4. The molecule has 0 saturated carbocycles. The SMILES string of the molecule is Nc1ncnc2c1ncn2CC(=O)Nc1cccc(-c2ccc3ccccc3c2)n1. The van der Waals surface area contributed by atoms with Crippen molar-refractivity contribution in [2.45, 2.75) is 6.54 Å². The number of fused-ring (bicyclic) bond motifs is 2. The van der Waals surface area contributed by atoms with Gasteiger partial charge in [-0.05, 0) is 29.0 Å². The average molecular weight is 395 g/mol. The van der Waals surface area contributed by atoms with Crippen molar-refractivity contribution in [1.82, 2.24) is 24.5 Å². The Balaban J connectivity index is 1.37. The lowest BCUT2D eigenvalue weighted by molar-refractivity contribution is -0.116. The molecule has 0 unspecified atom stereocenters. The summed E-state index contributed by atoms with van der Waals surface area (Å²) in [7, 11) is 0. The third-order valence-corrected chi connectivity index (χ3v) is 4.81. The fourth-order valence-corrected chi connectivity index (χ4v) is 3.37. The molecule has 0 aliphatic carbocycles. The monoisotopic (exact) mass is 395 g/mol. The predicted octanol–water partition coefficient (Wildman–Crippen LogP) is 3.26. The molecule has 0 saturated heterocycles. The van der Waals surface area contributed by atoms with E-state index < -0.39 is 0 Å². The van der Waals surface area contributed by atoms with Crippen molar-refractivity contribution in [3.63, 3.8) is 0 Å². The fourth-order valence-electron chi connectivity index (χ4n) is 3.37. The smallest absolute Gasteiger partial charge is 0.245 e. The number of carbonyl (C=O) groups is 1. The minimum atomic E-state index is -0.241. The predicted molar refractivity (Wildman–Crippen MR) is 116 cm³/mol. The Kier molecular flexibility index (Phi) is 4.29. The summed E-state index contributed by atoms with van der Waals surface area (Å²) >= 11 is 0. The summed E-state index contributed by atoms with van der Waals surface area (Å²) in [4.78, 5) is 29.4. The van der Waals surface area contributed by atoms with E-state index in [1.165, 1.54) is 18.0 Å². The number of aromatic nitrogens is 5. The molecule has 3 aromatic heterocycles. The summed E-state index contributed by atoms with van der Waals surface area (Å²) in [5, 5.41) is 5.14. The van der Waals surface area contributed by atoms with E-state index in [9.17, 15) is 4.79 Å². The van der Waals surface area contributed by atoms with Crippen LogP contribution in [0.4, 0.5) is 11.6 Å². The standard InChI is InChI=1S/C22H17N7O/c23-21-20-22(25-12-24-21)29(13-26-20)11-19(30)28-18-7-3-6-17(27-18)16-9-8-14-4-1-2-5-15(14)10-16/h1-10,12-13H,11H2,(H2,23,24,25)(H,27,28,30). The summed E-state index contributed by atoms with van der Waals surface area (Å²) in [6, 6.07) is 19.9. The number of pyridine rings is 1. The van der Waals surface area contributed by atoms with Crippen LogP contribution >= 0.6 is 0 Å². The molecule has 5 rings (SSSR count). The number of hydrogen-bond donors (Lipinski definition) is 2. The molecular weight excluding hydrogens is 378 g/mol. The Hall–Kier alpha value is -4.33. The maximum atomic E-state index is 12.6. The van der Waals surface area contributed by atoms with E-state index in [-0.39, 0.29) is 18.3 Å². The Labute approximate surface area is 171 Å². The average Bonchev–Trinajstić information content (AvgIpc) is 3.17. The van der Waals surface area contributed by atoms with Crippen LogP contribution in [0, 0.1) is 0 Å². The zero-order valence-corrected chi connectivity index (χ0v) is 15.9. The van der Waals surface area contributed by atoms with Gasteiger partial charge in [-0.1, -0.05) is 42.5 Å². The van der Waals surface area contributed by atoms with Gasteiger partial charge in [0.15, 0.2) is 11.5 Å². The van der Waals surface area contributed by atoms with Gasteiger partial charge in [-0.2, -0.15) is 0 Å². The first-order valence-corrected chi connectivity index (χ1v) is 9.35. The van der Waals surface area contributed by atoms with Crippen molar-refractivity contribution in [2.24, 2.45) is 0 Å². The normalized spacial score (nSPS) is 11.1. The van der Waals surface area contributed by atoms with Crippen molar-refractivity contribution >= 4 is 39.5 Å². The van der Waals surface area contributed by atoms with E-state index in [2.05, 4.69) is 49.5 Å². The Morgan fingerprint density at radius 1 is 0.967 bits per heavy atom. The number of imidazole rings is 1. The molecule has 0 fully saturated rings. The van der Waals surface area contributed by atoms with Gasteiger partial charge in [0.2, 0.25) is 5.91 Å². The molecule has 30 heavy (non-hydrogen) atoms. The van der Waals surface area contributed by atoms with Gasteiger partial charge in [-0.15, -0.1) is 0 Å². The summed E-state index contributed by atoms with van der Waals surface area (Å²) in [6.45, 7) is 0.0365. The van der Waals surface area contributed by atoms with Gasteiger partial charge in [0, 0.05) is 5.56 Å². The molecule has 0 bridgehead atoms. The third kappa shape index (κ3) is 3.30. The summed E-state index contributed by atoms with van der Waals surface area (Å²) in [5.41, 5.74) is 8.54. The van der Waals surface area contributed by atoms with Crippen LogP contribution in [0.25, 0.3) is 33.2 Å². The number of nitrogens with zero attached hydrogens (tertiary/aromatic N) is 5. The summed E-state index contributed by atoms with van der Waals surface area (Å²) in [5.74, 6) is 0.516. The third-order valence-electron chi connectivity index (χ3n) is 4.81. The van der Waals surface area contributed by atoms with Crippen LogP contribution < -0.4 is 11.1 Å². The molecule has 3 heterocycles. The van der Waals surface area contributed by atoms with Crippen LogP contribution in [0.2, 0.25) is 0 Å².